The summed E-state index contributed by atoms with van der Waals surface area (Å²) in [5.74, 6) is -0.292. The first kappa shape index (κ1) is 25.0. The van der Waals surface area contributed by atoms with Crippen molar-refractivity contribution in [1.82, 2.24) is 14.5 Å². The lowest BCUT2D eigenvalue weighted by atomic mass is 9.91. The highest BCUT2D eigenvalue weighted by molar-refractivity contribution is 6.30. The Morgan fingerprint density at radius 3 is 2.48 bits per heavy atom. The second-order valence-electron chi connectivity index (χ2n) is 9.61. The largest absolute Gasteiger partial charge is 0.383 e. The maximum atomic E-state index is 13.5. The zero-order valence-electron chi connectivity index (χ0n) is 20.0. The van der Waals surface area contributed by atoms with Crippen molar-refractivity contribution in [3.8, 4) is 0 Å². The van der Waals surface area contributed by atoms with E-state index in [0.717, 1.165) is 17.0 Å². The van der Waals surface area contributed by atoms with Gasteiger partial charge in [0.25, 0.3) is 5.91 Å². The minimum Gasteiger partial charge on any atom is -0.383 e. The monoisotopic (exact) mass is 472 g/mol. The third kappa shape index (κ3) is 6.45. The number of aromatic nitrogens is 1. The van der Waals surface area contributed by atoms with Crippen molar-refractivity contribution < 1.29 is 14.3 Å². The number of nitrogens with zero attached hydrogens (tertiary/aromatic N) is 4. The number of hydrazone groups is 1. The van der Waals surface area contributed by atoms with Gasteiger partial charge in [-0.3, -0.25) is 9.59 Å². The molecule has 0 radical (unpaired) electrons. The lowest BCUT2D eigenvalue weighted by molar-refractivity contribution is -0.143. The van der Waals surface area contributed by atoms with Gasteiger partial charge in [-0.1, -0.05) is 44.5 Å². The van der Waals surface area contributed by atoms with E-state index in [-0.39, 0.29) is 29.8 Å². The molecule has 1 aromatic carbocycles. The van der Waals surface area contributed by atoms with Gasteiger partial charge >= 0.3 is 0 Å². The highest BCUT2D eigenvalue weighted by Gasteiger charge is 2.35. The van der Waals surface area contributed by atoms with Crippen molar-refractivity contribution in [1.29, 1.82) is 0 Å². The van der Waals surface area contributed by atoms with Crippen LogP contribution in [0.4, 0.5) is 0 Å². The Bertz CT molecular complexity index is 1010. The topological polar surface area (TPSA) is 67.1 Å². The first-order valence-electron chi connectivity index (χ1n) is 11.1. The van der Waals surface area contributed by atoms with Crippen LogP contribution in [0.2, 0.25) is 5.02 Å². The Kier molecular flexibility index (Phi) is 7.97. The molecule has 1 aromatic heterocycles. The fourth-order valence-corrected chi connectivity index (χ4v) is 4.02. The average molecular weight is 473 g/mol. The standard InChI is InChI=1S/C25H33ClN4O3/c1-25(2,3)16-23(31)29(13-14-33-5)17-24(32)30-22(18-8-10-19(26)11-9-18)15-20(27-30)21-7-6-12-28(21)4/h6-12,22H,13-17H2,1-5H3/t22-/m1/s1. The van der Waals surface area contributed by atoms with Gasteiger partial charge in [0, 0.05) is 44.8 Å². The van der Waals surface area contributed by atoms with E-state index in [9.17, 15) is 9.59 Å². The lowest BCUT2D eigenvalue weighted by Crippen LogP contribution is -2.43. The number of aryl methyl sites for hydroxylation is 1. The van der Waals surface area contributed by atoms with Crippen molar-refractivity contribution in [3.63, 3.8) is 0 Å². The molecule has 0 fully saturated rings. The van der Waals surface area contributed by atoms with E-state index in [1.807, 2.05) is 75.0 Å². The molecule has 0 unspecified atom stereocenters. The van der Waals surface area contributed by atoms with Crippen LogP contribution < -0.4 is 0 Å². The van der Waals surface area contributed by atoms with Crippen LogP contribution in [0.3, 0.4) is 0 Å². The number of hydrogen-bond donors (Lipinski definition) is 0. The van der Waals surface area contributed by atoms with E-state index >= 15 is 0 Å². The van der Waals surface area contributed by atoms with E-state index in [0.29, 0.717) is 31.0 Å². The highest BCUT2D eigenvalue weighted by atomic mass is 35.5. The van der Waals surface area contributed by atoms with Crippen LogP contribution in [0.1, 0.15) is 50.9 Å². The average Bonchev–Trinajstić information content (AvgIpc) is 3.36. The predicted octanol–water partition coefficient (Wildman–Crippen LogP) is 4.27. The van der Waals surface area contributed by atoms with Crippen LogP contribution in [0.15, 0.2) is 47.7 Å². The first-order chi connectivity index (χ1) is 15.6. The maximum absolute atomic E-state index is 13.5. The van der Waals surface area contributed by atoms with Gasteiger partial charge in [-0.15, -0.1) is 0 Å². The number of carbonyl (C=O) groups is 2. The summed E-state index contributed by atoms with van der Waals surface area (Å²) in [5.41, 5.74) is 2.57. The summed E-state index contributed by atoms with van der Waals surface area (Å²) in [6, 6.07) is 11.2. The lowest BCUT2D eigenvalue weighted by Gasteiger charge is -2.29. The quantitative estimate of drug-likeness (QED) is 0.576. The SMILES string of the molecule is COCCN(CC(=O)N1N=C(c2cccn2C)C[C@@H]1c1ccc(Cl)cc1)C(=O)CC(C)(C)C. The molecule has 0 saturated heterocycles. The molecule has 2 aromatic rings. The van der Waals surface area contributed by atoms with E-state index in [4.69, 9.17) is 21.4 Å². The van der Waals surface area contributed by atoms with Crippen LogP contribution in [-0.4, -0.2) is 58.8 Å². The smallest absolute Gasteiger partial charge is 0.262 e. The third-order valence-electron chi connectivity index (χ3n) is 5.59. The zero-order chi connectivity index (χ0) is 24.2. The maximum Gasteiger partial charge on any atom is 0.262 e. The Hall–Kier alpha value is -2.64. The minimum atomic E-state index is -0.262. The number of ether oxygens (including phenoxy) is 1. The summed E-state index contributed by atoms with van der Waals surface area (Å²) in [7, 11) is 3.54. The molecule has 1 aliphatic heterocycles. The molecule has 8 heteroatoms. The van der Waals surface area contributed by atoms with Gasteiger partial charge in [-0.2, -0.15) is 5.10 Å². The van der Waals surface area contributed by atoms with Crippen molar-refractivity contribution in [2.45, 2.75) is 39.7 Å². The van der Waals surface area contributed by atoms with E-state index in [2.05, 4.69) is 0 Å². The second kappa shape index (κ2) is 10.5. The molecule has 2 heterocycles. The first-order valence-corrected chi connectivity index (χ1v) is 11.5. The van der Waals surface area contributed by atoms with Crippen LogP contribution in [0, 0.1) is 5.41 Å². The predicted molar refractivity (Wildman–Crippen MR) is 130 cm³/mol. The van der Waals surface area contributed by atoms with Crippen LogP contribution in [0.25, 0.3) is 0 Å². The van der Waals surface area contributed by atoms with Crippen LogP contribution >= 0.6 is 11.6 Å². The van der Waals surface area contributed by atoms with Crippen molar-refractivity contribution >= 4 is 29.1 Å². The molecule has 178 valence electrons. The van der Waals surface area contributed by atoms with E-state index in [1.54, 1.807) is 12.0 Å². The molecule has 0 N–H and O–H groups in total. The molecule has 0 spiro atoms. The second-order valence-corrected chi connectivity index (χ2v) is 10.0. The molecule has 1 atom stereocenters. The summed E-state index contributed by atoms with van der Waals surface area (Å²) in [5, 5.41) is 6.88. The van der Waals surface area contributed by atoms with Crippen LogP contribution in [0.5, 0.6) is 0 Å². The minimum absolute atomic E-state index is 0.0493. The number of rotatable bonds is 8. The molecule has 1 aliphatic rings. The summed E-state index contributed by atoms with van der Waals surface area (Å²) in [6.45, 7) is 6.69. The van der Waals surface area contributed by atoms with Gasteiger partial charge in [0.05, 0.1) is 24.1 Å². The Labute approximate surface area is 201 Å². The molecule has 33 heavy (non-hydrogen) atoms. The van der Waals surface area contributed by atoms with Gasteiger partial charge in [-0.05, 0) is 35.2 Å². The number of amides is 2. The molecule has 0 saturated carbocycles. The van der Waals surface area contributed by atoms with Gasteiger partial charge < -0.3 is 14.2 Å². The number of halogens is 1. The Morgan fingerprint density at radius 1 is 1.21 bits per heavy atom. The van der Waals surface area contributed by atoms with Gasteiger partial charge in [0.1, 0.15) is 6.54 Å². The van der Waals surface area contributed by atoms with E-state index < -0.39 is 0 Å². The molecular weight excluding hydrogens is 440 g/mol. The van der Waals surface area contributed by atoms with Crippen LogP contribution in [-0.2, 0) is 21.4 Å². The zero-order valence-corrected chi connectivity index (χ0v) is 20.8. The number of benzene rings is 1. The fourth-order valence-electron chi connectivity index (χ4n) is 3.90. The van der Waals surface area contributed by atoms with Gasteiger partial charge in [-0.25, -0.2) is 5.01 Å². The molecule has 0 bridgehead atoms. The van der Waals surface area contributed by atoms with Gasteiger partial charge in [0.2, 0.25) is 5.91 Å². The normalized spacial score (nSPS) is 16.1. The third-order valence-corrected chi connectivity index (χ3v) is 5.84. The van der Waals surface area contributed by atoms with Crippen molar-refractivity contribution in [2.75, 3.05) is 26.8 Å². The molecule has 3 rings (SSSR count). The Morgan fingerprint density at radius 2 is 1.91 bits per heavy atom. The summed E-state index contributed by atoms with van der Waals surface area (Å²) < 4.78 is 7.17. The fraction of sp³-hybridized carbons (Fsp3) is 0.480. The number of methoxy groups -OCH3 is 1. The highest BCUT2D eigenvalue weighted by Crippen LogP contribution is 2.33. The summed E-state index contributed by atoms with van der Waals surface area (Å²) >= 11 is 6.08. The molecular formula is C25H33ClN4O3. The van der Waals surface area contributed by atoms with Crippen molar-refractivity contribution in [2.24, 2.45) is 17.6 Å². The summed E-state index contributed by atoms with van der Waals surface area (Å²) in [4.78, 5) is 28.0. The molecule has 7 nitrogen and oxygen atoms in total. The number of hydrogen-bond acceptors (Lipinski definition) is 4. The molecule has 0 aliphatic carbocycles. The van der Waals surface area contributed by atoms with Crippen molar-refractivity contribution in [3.05, 3.63) is 58.9 Å². The van der Waals surface area contributed by atoms with Gasteiger partial charge in [0.15, 0.2) is 0 Å². The summed E-state index contributed by atoms with van der Waals surface area (Å²) in [6.07, 6.45) is 2.89. The number of carbonyl (C=O) groups excluding carboxylic acids is 2. The van der Waals surface area contributed by atoms with E-state index in [1.165, 1.54) is 5.01 Å². The molecule has 2 amide bonds. The Balaban J connectivity index is 1.87.